The summed E-state index contributed by atoms with van der Waals surface area (Å²) >= 11 is 0. The van der Waals surface area contributed by atoms with Gasteiger partial charge in [-0.1, -0.05) is 127 Å². The number of fused-ring (bicyclic) bond motifs is 6. The van der Waals surface area contributed by atoms with Crippen molar-refractivity contribution >= 4 is 54.3 Å². The van der Waals surface area contributed by atoms with Gasteiger partial charge in [0.05, 0.1) is 0 Å². The zero-order valence-corrected chi connectivity index (χ0v) is 26.3. The lowest BCUT2D eigenvalue weighted by Gasteiger charge is -2.11. The van der Waals surface area contributed by atoms with Crippen LogP contribution in [-0.2, 0) is 0 Å². The van der Waals surface area contributed by atoms with Crippen LogP contribution in [0.15, 0.2) is 168 Å². The Balaban J connectivity index is 1.11. The smallest absolute Gasteiger partial charge is 0.164 e. The summed E-state index contributed by atoms with van der Waals surface area (Å²) in [6.07, 6.45) is 0. The van der Waals surface area contributed by atoms with Gasteiger partial charge < -0.3 is 4.42 Å². The third kappa shape index (κ3) is 4.73. The lowest BCUT2D eigenvalue weighted by atomic mass is 9.96. The molecule has 0 aliphatic heterocycles. The van der Waals surface area contributed by atoms with Crippen molar-refractivity contribution in [2.45, 2.75) is 0 Å². The Morgan fingerprint density at radius 2 is 0.755 bits per heavy atom. The maximum Gasteiger partial charge on any atom is 0.164 e. The van der Waals surface area contributed by atoms with Crippen LogP contribution in [0.25, 0.3) is 99.5 Å². The van der Waals surface area contributed by atoms with Gasteiger partial charge in [0, 0.05) is 27.5 Å². The third-order valence-corrected chi connectivity index (χ3v) is 9.46. The van der Waals surface area contributed by atoms with Crippen LogP contribution >= 0.6 is 0 Å². The van der Waals surface area contributed by atoms with Crippen molar-refractivity contribution in [2.75, 3.05) is 0 Å². The van der Waals surface area contributed by atoms with Crippen LogP contribution < -0.4 is 0 Å². The van der Waals surface area contributed by atoms with Gasteiger partial charge >= 0.3 is 0 Å². The molecular weight excluding hydrogens is 599 g/mol. The molecular formula is C45H27N3O. The van der Waals surface area contributed by atoms with Gasteiger partial charge in [0.25, 0.3) is 0 Å². The van der Waals surface area contributed by atoms with Crippen LogP contribution in [0.4, 0.5) is 0 Å². The average Bonchev–Trinajstić information content (AvgIpc) is 3.56. The molecule has 0 aliphatic rings. The minimum Gasteiger partial charge on any atom is -0.456 e. The summed E-state index contributed by atoms with van der Waals surface area (Å²) in [5.41, 5.74) is 6.95. The van der Waals surface area contributed by atoms with Crippen molar-refractivity contribution in [3.63, 3.8) is 0 Å². The number of hydrogen-bond acceptors (Lipinski definition) is 4. The lowest BCUT2D eigenvalue weighted by molar-refractivity contribution is 0.669. The molecule has 0 bridgehead atoms. The van der Waals surface area contributed by atoms with E-state index in [1.807, 2.05) is 18.2 Å². The first-order valence-electron chi connectivity index (χ1n) is 16.4. The second kappa shape index (κ2) is 11.0. The Labute approximate surface area is 282 Å². The first-order chi connectivity index (χ1) is 24.2. The van der Waals surface area contributed by atoms with E-state index in [2.05, 4.69) is 146 Å². The molecule has 49 heavy (non-hydrogen) atoms. The second-order valence-electron chi connectivity index (χ2n) is 12.5. The second-order valence-corrected chi connectivity index (χ2v) is 12.5. The highest BCUT2D eigenvalue weighted by Crippen LogP contribution is 2.38. The fourth-order valence-electron chi connectivity index (χ4n) is 6.99. The Hall–Kier alpha value is -6.65. The molecule has 0 radical (unpaired) electrons. The van der Waals surface area contributed by atoms with Gasteiger partial charge in [0.1, 0.15) is 11.2 Å². The summed E-state index contributed by atoms with van der Waals surface area (Å²) in [5.74, 6) is 1.94. The molecule has 10 rings (SSSR count). The number of aromatic nitrogens is 3. The minimum absolute atomic E-state index is 0.641. The summed E-state index contributed by atoms with van der Waals surface area (Å²) in [7, 11) is 0. The first-order valence-corrected chi connectivity index (χ1v) is 16.4. The minimum atomic E-state index is 0.641. The van der Waals surface area contributed by atoms with Gasteiger partial charge in [-0.25, -0.2) is 15.0 Å². The molecule has 0 fully saturated rings. The number of hydrogen-bond donors (Lipinski definition) is 0. The van der Waals surface area contributed by atoms with Gasteiger partial charge in [-0.3, -0.25) is 0 Å². The Bertz CT molecular complexity index is 2810. The highest BCUT2D eigenvalue weighted by atomic mass is 16.3. The van der Waals surface area contributed by atoms with E-state index in [-0.39, 0.29) is 0 Å². The molecule has 2 aromatic heterocycles. The molecule has 4 heteroatoms. The quantitative estimate of drug-likeness (QED) is 0.195. The van der Waals surface area contributed by atoms with E-state index < -0.39 is 0 Å². The molecule has 0 aliphatic carbocycles. The van der Waals surface area contributed by atoms with Crippen LogP contribution in [0, 0.1) is 0 Å². The van der Waals surface area contributed by atoms with Crippen molar-refractivity contribution in [1.82, 2.24) is 15.0 Å². The number of rotatable bonds is 4. The highest BCUT2D eigenvalue weighted by molar-refractivity contribution is 6.13. The first kappa shape index (κ1) is 27.5. The van der Waals surface area contributed by atoms with E-state index in [1.54, 1.807) is 0 Å². The van der Waals surface area contributed by atoms with Gasteiger partial charge in [0.15, 0.2) is 17.5 Å². The summed E-state index contributed by atoms with van der Waals surface area (Å²) in [4.78, 5) is 15.2. The van der Waals surface area contributed by atoms with E-state index in [0.717, 1.165) is 71.3 Å². The zero-order chi connectivity index (χ0) is 32.3. The molecule has 228 valence electrons. The van der Waals surface area contributed by atoms with Crippen molar-refractivity contribution in [3.05, 3.63) is 164 Å². The molecule has 0 saturated heterocycles. The Kier molecular flexibility index (Phi) is 6.15. The zero-order valence-electron chi connectivity index (χ0n) is 26.3. The molecule has 0 unspecified atom stereocenters. The van der Waals surface area contributed by atoms with Crippen molar-refractivity contribution < 1.29 is 4.42 Å². The van der Waals surface area contributed by atoms with E-state index in [1.165, 1.54) is 10.8 Å². The molecule has 8 aromatic carbocycles. The summed E-state index contributed by atoms with van der Waals surface area (Å²) in [5, 5.41) is 9.19. The number of nitrogens with zero attached hydrogens (tertiary/aromatic N) is 3. The fourth-order valence-corrected chi connectivity index (χ4v) is 6.99. The molecule has 0 amide bonds. The van der Waals surface area contributed by atoms with Crippen molar-refractivity contribution in [3.8, 4) is 45.3 Å². The van der Waals surface area contributed by atoms with E-state index in [9.17, 15) is 0 Å². The molecule has 2 heterocycles. The normalized spacial score (nSPS) is 11.7. The fraction of sp³-hybridized carbons (Fsp3) is 0. The van der Waals surface area contributed by atoms with Crippen LogP contribution in [0.2, 0.25) is 0 Å². The van der Waals surface area contributed by atoms with E-state index in [4.69, 9.17) is 19.4 Å². The number of para-hydroxylation sites is 1. The summed E-state index contributed by atoms with van der Waals surface area (Å²) in [6, 6.07) is 57.1. The largest absolute Gasteiger partial charge is 0.456 e. The SMILES string of the molecule is c1ccc2cc(-c3nc(-c4ccc5ccccc5c4)nc(-c4ccc5cc(-c6cccc7oc8ccccc8c67)ccc5c4)n3)ccc2c1. The molecule has 0 atom stereocenters. The molecule has 0 N–H and O–H groups in total. The number of furan rings is 1. The van der Waals surface area contributed by atoms with Crippen LogP contribution in [-0.4, -0.2) is 15.0 Å². The van der Waals surface area contributed by atoms with Gasteiger partial charge in [-0.15, -0.1) is 0 Å². The third-order valence-electron chi connectivity index (χ3n) is 9.46. The average molecular weight is 626 g/mol. The van der Waals surface area contributed by atoms with Crippen LogP contribution in [0.5, 0.6) is 0 Å². The summed E-state index contributed by atoms with van der Waals surface area (Å²) < 4.78 is 6.17. The van der Waals surface area contributed by atoms with E-state index in [0.29, 0.717) is 17.5 Å². The highest BCUT2D eigenvalue weighted by Gasteiger charge is 2.15. The van der Waals surface area contributed by atoms with Gasteiger partial charge in [-0.2, -0.15) is 0 Å². The maximum absolute atomic E-state index is 6.17. The molecule has 10 aromatic rings. The lowest BCUT2D eigenvalue weighted by Crippen LogP contribution is -2.00. The van der Waals surface area contributed by atoms with E-state index >= 15 is 0 Å². The predicted octanol–water partition coefficient (Wildman–Crippen LogP) is 11.9. The number of benzene rings is 8. The van der Waals surface area contributed by atoms with Gasteiger partial charge in [0.2, 0.25) is 0 Å². The molecule has 0 saturated carbocycles. The maximum atomic E-state index is 6.17. The van der Waals surface area contributed by atoms with Crippen molar-refractivity contribution in [1.29, 1.82) is 0 Å². The predicted molar refractivity (Wildman–Crippen MR) is 201 cm³/mol. The van der Waals surface area contributed by atoms with Crippen LogP contribution in [0.1, 0.15) is 0 Å². The monoisotopic (exact) mass is 625 g/mol. The molecule has 4 nitrogen and oxygen atoms in total. The van der Waals surface area contributed by atoms with Gasteiger partial charge in [-0.05, 0) is 79.8 Å². The Morgan fingerprint density at radius 3 is 1.35 bits per heavy atom. The van der Waals surface area contributed by atoms with Crippen LogP contribution in [0.3, 0.4) is 0 Å². The summed E-state index contributed by atoms with van der Waals surface area (Å²) in [6.45, 7) is 0. The standard InChI is InChI=1S/C45H27N3O/c1-3-10-30-25-35(21-16-28(30)8-1)43-46-44(36-22-17-29-9-2-4-11-31(29)26-36)48-45(47-43)37-23-19-32-24-34(20-18-33(32)27-37)38-13-7-15-41-42(38)39-12-5-6-14-40(39)49-41/h1-27H. The van der Waals surface area contributed by atoms with Crippen molar-refractivity contribution in [2.24, 2.45) is 0 Å². The molecule has 0 spiro atoms. The topological polar surface area (TPSA) is 51.8 Å². The Morgan fingerprint density at radius 1 is 0.327 bits per heavy atom.